The molecule has 0 radical (unpaired) electrons. The molecule has 0 aliphatic carbocycles. The minimum absolute atomic E-state index is 0.0263. The Labute approximate surface area is 295 Å². The molecule has 232 valence electrons. The smallest absolute Gasteiger partial charge is 0.100 e. The normalized spacial score (nSPS) is 14.1. The summed E-state index contributed by atoms with van der Waals surface area (Å²) in [7, 11) is 0. The molecule has 0 saturated heterocycles. The molecular formula is C46H31IN2. The van der Waals surface area contributed by atoms with Gasteiger partial charge in [-0.15, -0.1) is 0 Å². The van der Waals surface area contributed by atoms with Gasteiger partial charge in [-0.25, -0.2) is 4.98 Å². The molecule has 8 aromatic carbocycles. The highest BCUT2D eigenvalue weighted by Crippen LogP contribution is 2.42. The van der Waals surface area contributed by atoms with E-state index < -0.39 is 0 Å². The molecule has 0 amide bonds. The van der Waals surface area contributed by atoms with Crippen LogP contribution >= 0.6 is 20.7 Å². The second-order valence-corrected chi connectivity index (χ2v) is 15.5. The Kier molecular flexibility index (Phi) is 6.80. The minimum atomic E-state index is 0.0263. The van der Waals surface area contributed by atoms with Gasteiger partial charge in [0.15, 0.2) is 0 Å². The number of para-hydroxylation sites is 2. The first-order valence-corrected chi connectivity index (χ1v) is 19.2. The largest absolute Gasteiger partial charge is 0.299 e. The zero-order valence-corrected chi connectivity index (χ0v) is 28.9. The average molecular weight is 739 g/mol. The number of hydrogen-bond donors (Lipinski definition) is 0. The van der Waals surface area contributed by atoms with Gasteiger partial charge in [0.25, 0.3) is 0 Å². The number of imidazole rings is 1. The van der Waals surface area contributed by atoms with Crippen molar-refractivity contribution in [3.8, 4) is 27.9 Å². The van der Waals surface area contributed by atoms with E-state index in [1.807, 2.05) is 12.4 Å². The van der Waals surface area contributed by atoms with E-state index in [0.717, 1.165) is 23.1 Å². The van der Waals surface area contributed by atoms with Gasteiger partial charge in [0.2, 0.25) is 0 Å². The summed E-state index contributed by atoms with van der Waals surface area (Å²) in [5.74, 6) is 0.541. The van der Waals surface area contributed by atoms with E-state index in [4.69, 9.17) is 0 Å². The lowest BCUT2D eigenvalue weighted by molar-refractivity contribution is 0.900. The van der Waals surface area contributed by atoms with Gasteiger partial charge in [-0.2, -0.15) is 0 Å². The van der Waals surface area contributed by atoms with Crippen LogP contribution in [0.5, 0.6) is 0 Å². The summed E-state index contributed by atoms with van der Waals surface area (Å²) in [5.41, 5.74) is 11.2. The van der Waals surface area contributed by atoms with E-state index in [9.17, 15) is 0 Å². The van der Waals surface area contributed by atoms with Crippen LogP contribution in [0, 0.1) is 3.57 Å². The second-order valence-electron chi connectivity index (χ2n) is 12.9. The van der Waals surface area contributed by atoms with E-state index in [1.54, 1.807) is 3.57 Å². The first kappa shape index (κ1) is 28.6. The number of fused-ring (bicyclic) bond motifs is 7. The summed E-state index contributed by atoms with van der Waals surface area (Å²) in [5, 5.41) is 7.70. The molecule has 49 heavy (non-hydrogen) atoms. The van der Waals surface area contributed by atoms with Crippen LogP contribution in [-0.2, 0) is 6.42 Å². The molecule has 2 nitrogen and oxygen atoms in total. The molecule has 10 rings (SSSR count). The Hall–Kier alpha value is -5.39. The van der Waals surface area contributed by atoms with Gasteiger partial charge in [-0.1, -0.05) is 136 Å². The molecular weight excluding hydrogens is 707 g/mol. The molecule has 0 fully saturated rings. The van der Waals surface area contributed by atoms with Gasteiger partial charge in [0.05, 0.1) is 11.0 Å². The van der Waals surface area contributed by atoms with Crippen LogP contribution in [0.3, 0.4) is 0 Å². The van der Waals surface area contributed by atoms with Gasteiger partial charge in [-0.3, -0.25) is 4.57 Å². The Morgan fingerprint density at radius 3 is 1.80 bits per heavy atom. The maximum atomic E-state index is 4.60. The van der Waals surface area contributed by atoms with Crippen molar-refractivity contribution in [2.24, 2.45) is 0 Å². The third-order valence-corrected chi connectivity index (χ3v) is 13.0. The Bertz CT molecular complexity index is 2740. The third-order valence-electron chi connectivity index (χ3n) is 10.2. The van der Waals surface area contributed by atoms with Crippen LogP contribution in [0.2, 0.25) is 0 Å². The van der Waals surface area contributed by atoms with Crippen LogP contribution in [-0.4, -0.2) is 13.6 Å². The molecule has 1 aliphatic heterocycles. The molecule has 1 atom stereocenters. The van der Waals surface area contributed by atoms with E-state index >= 15 is 0 Å². The van der Waals surface area contributed by atoms with Gasteiger partial charge in [0, 0.05) is 15.2 Å². The summed E-state index contributed by atoms with van der Waals surface area (Å²) < 4.78 is 6.33. The summed E-state index contributed by atoms with van der Waals surface area (Å²) in [6.45, 7) is 0. The highest BCUT2D eigenvalue weighted by molar-refractivity contribution is 14.2. The van der Waals surface area contributed by atoms with Crippen molar-refractivity contribution in [3.63, 3.8) is 0 Å². The lowest BCUT2D eigenvalue weighted by Crippen LogP contribution is -2.01. The maximum absolute atomic E-state index is 4.60. The molecule has 2 heterocycles. The van der Waals surface area contributed by atoms with Crippen LogP contribution in [0.15, 0.2) is 164 Å². The second kappa shape index (κ2) is 11.6. The Morgan fingerprint density at radius 1 is 0.531 bits per heavy atom. The van der Waals surface area contributed by atoms with Crippen LogP contribution in [0.1, 0.15) is 17.0 Å². The topological polar surface area (TPSA) is 17.8 Å². The van der Waals surface area contributed by atoms with Crippen molar-refractivity contribution in [2.45, 2.75) is 12.3 Å². The standard InChI is InChI=1S/C46H31IN2/c1-3-12-38-36(10-1)40(31-19-17-30(18-20-31)25-33-28-47-44-14-6-5-9-35(33)44)26-42-39-13-4-2-11-37(39)41(27-43(38)42)32-21-23-34(24-22-32)49-29-48-45-15-7-8-16-46(45)49/h1-24,26-29,33H,25H2. The summed E-state index contributed by atoms with van der Waals surface area (Å²) in [6, 6.07) is 58.2. The zero-order chi connectivity index (χ0) is 32.3. The van der Waals surface area contributed by atoms with E-state index in [-0.39, 0.29) is 20.7 Å². The summed E-state index contributed by atoms with van der Waals surface area (Å²) in [4.78, 5) is 4.60. The average Bonchev–Trinajstić information content (AvgIpc) is 3.79. The van der Waals surface area contributed by atoms with Crippen molar-refractivity contribution in [1.29, 1.82) is 0 Å². The van der Waals surface area contributed by atoms with Crippen molar-refractivity contribution in [2.75, 3.05) is 0 Å². The zero-order valence-electron chi connectivity index (χ0n) is 26.7. The molecule has 1 unspecified atom stereocenters. The molecule has 9 aromatic rings. The first-order chi connectivity index (χ1) is 24.3. The molecule has 1 aliphatic rings. The predicted octanol–water partition coefficient (Wildman–Crippen LogP) is 12.1. The van der Waals surface area contributed by atoms with Crippen LogP contribution in [0.4, 0.5) is 0 Å². The van der Waals surface area contributed by atoms with E-state index in [0.29, 0.717) is 5.92 Å². The van der Waals surface area contributed by atoms with Gasteiger partial charge in [-0.05, 0) is 119 Å². The number of aromatic nitrogens is 2. The van der Waals surface area contributed by atoms with Crippen molar-refractivity contribution >= 4 is 68.1 Å². The van der Waals surface area contributed by atoms with Gasteiger partial charge in [0.1, 0.15) is 6.33 Å². The Morgan fingerprint density at radius 2 is 1.10 bits per heavy atom. The van der Waals surface area contributed by atoms with Crippen molar-refractivity contribution in [1.82, 2.24) is 9.55 Å². The fourth-order valence-electron chi connectivity index (χ4n) is 7.71. The van der Waals surface area contributed by atoms with E-state index in [1.165, 1.54) is 65.7 Å². The number of nitrogens with zero attached hydrogens (tertiary/aromatic N) is 2. The van der Waals surface area contributed by atoms with Crippen LogP contribution in [0.25, 0.3) is 71.3 Å². The summed E-state index contributed by atoms with van der Waals surface area (Å²) in [6.07, 6.45) is 2.99. The van der Waals surface area contributed by atoms with Crippen molar-refractivity contribution in [3.05, 3.63) is 179 Å². The van der Waals surface area contributed by atoms with Gasteiger partial charge < -0.3 is 0 Å². The summed E-state index contributed by atoms with van der Waals surface area (Å²) >= 11 is 0.0263. The van der Waals surface area contributed by atoms with E-state index in [2.05, 4.69) is 165 Å². The number of rotatable bonds is 5. The maximum Gasteiger partial charge on any atom is 0.100 e. The number of hydrogen-bond acceptors (Lipinski definition) is 1. The molecule has 0 spiro atoms. The molecule has 1 aromatic heterocycles. The molecule has 0 N–H and O–H groups in total. The number of halogens is 1. The monoisotopic (exact) mass is 738 g/mol. The lowest BCUT2D eigenvalue weighted by atomic mass is 9.87. The minimum Gasteiger partial charge on any atom is -0.299 e. The molecule has 0 bridgehead atoms. The van der Waals surface area contributed by atoms with Crippen LogP contribution < -0.4 is 0 Å². The molecule has 0 saturated carbocycles. The van der Waals surface area contributed by atoms with Crippen molar-refractivity contribution < 1.29 is 0 Å². The predicted molar refractivity (Wildman–Crippen MR) is 216 cm³/mol. The van der Waals surface area contributed by atoms with Gasteiger partial charge >= 0.3 is 0 Å². The molecule has 3 heteroatoms. The fourth-order valence-corrected chi connectivity index (χ4v) is 10.5. The SMILES string of the molecule is C1=Ic2ccccc2C1Cc1ccc(-c2cc3c4ccccc4c(-c4ccc(-n5cnc6ccccc65)cc4)cc3c3ccccc23)cc1. The highest BCUT2D eigenvalue weighted by atomic mass is 127. The number of benzene rings is 8. The highest BCUT2D eigenvalue weighted by Gasteiger charge is 2.19. The third kappa shape index (κ3) is 4.83. The quantitative estimate of drug-likeness (QED) is 0.127. The first-order valence-electron chi connectivity index (χ1n) is 16.8. The Balaban J connectivity index is 1.07. The lowest BCUT2D eigenvalue weighted by Gasteiger charge is -2.17. The fraction of sp³-hybridized carbons (Fsp3) is 0.0435.